The van der Waals surface area contributed by atoms with Gasteiger partial charge in [-0.2, -0.15) is 4.31 Å². The predicted octanol–water partition coefficient (Wildman–Crippen LogP) is 1.04. The first-order chi connectivity index (χ1) is 11.8. The number of benzene rings is 1. The SMILES string of the molecule is CNC(=O)NC(=O)CNc1cc(S(=O)(=O)N2CCCCC2)ccc1C. The van der Waals surface area contributed by atoms with E-state index in [-0.39, 0.29) is 11.4 Å². The van der Waals surface area contributed by atoms with E-state index in [0.717, 1.165) is 24.8 Å². The van der Waals surface area contributed by atoms with Crippen LogP contribution < -0.4 is 16.0 Å². The average molecular weight is 368 g/mol. The molecule has 0 aromatic heterocycles. The van der Waals surface area contributed by atoms with Crippen molar-refractivity contribution in [3.05, 3.63) is 23.8 Å². The van der Waals surface area contributed by atoms with Crippen LogP contribution in [0, 0.1) is 6.92 Å². The number of nitrogens with zero attached hydrogens (tertiary/aromatic N) is 1. The largest absolute Gasteiger partial charge is 0.376 e. The Bertz CT molecular complexity index is 743. The van der Waals surface area contributed by atoms with Crippen molar-refractivity contribution >= 4 is 27.6 Å². The van der Waals surface area contributed by atoms with Gasteiger partial charge in [0.1, 0.15) is 0 Å². The molecule has 25 heavy (non-hydrogen) atoms. The molecule has 1 aromatic carbocycles. The molecule has 1 aliphatic rings. The fraction of sp³-hybridized carbons (Fsp3) is 0.500. The lowest BCUT2D eigenvalue weighted by Gasteiger charge is -2.26. The number of urea groups is 1. The molecule has 1 fully saturated rings. The van der Waals surface area contributed by atoms with Crippen molar-refractivity contribution in [1.82, 2.24) is 14.9 Å². The molecule has 0 atom stereocenters. The smallest absolute Gasteiger partial charge is 0.321 e. The van der Waals surface area contributed by atoms with Crippen molar-refractivity contribution in [3.8, 4) is 0 Å². The van der Waals surface area contributed by atoms with E-state index >= 15 is 0 Å². The van der Waals surface area contributed by atoms with Gasteiger partial charge < -0.3 is 10.6 Å². The number of imide groups is 1. The maximum Gasteiger partial charge on any atom is 0.321 e. The molecule has 1 heterocycles. The Balaban J connectivity index is 2.11. The molecule has 0 spiro atoms. The van der Waals surface area contributed by atoms with E-state index < -0.39 is 22.0 Å². The molecular weight excluding hydrogens is 344 g/mol. The number of hydrogen-bond acceptors (Lipinski definition) is 5. The fourth-order valence-electron chi connectivity index (χ4n) is 2.62. The van der Waals surface area contributed by atoms with Crippen LogP contribution in [0.15, 0.2) is 23.1 Å². The third-order valence-corrected chi connectivity index (χ3v) is 5.98. The van der Waals surface area contributed by atoms with E-state index in [1.165, 1.54) is 17.4 Å². The van der Waals surface area contributed by atoms with Gasteiger partial charge >= 0.3 is 6.03 Å². The van der Waals surface area contributed by atoms with E-state index in [4.69, 9.17) is 0 Å². The summed E-state index contributed by atoms with van der Waals surface area (Å²) in [7, 11) is -2.12. The van der Waals surface area contributed by atoms with Crippen molar-refractivity contribution in [3.63, 3.8) is 0 Å². The summed E-state index contributed by atoms with van der Waals surface area (Å²) in [4.78, 5) is 23.0. The van der Waals surface area contributed by atoms with Gasteiger partial charge in [0.2, 0.25) is 15.9 Å². The van der Waals surface area contributed by atoms with E-state index in [1.807, 2.05) is 6.92 Å². The Labute approximate surface area is 148 Å². The number of rotatable bonds is 5. The molecule has 3 amide bonds. The minimum absolute atomic E-state index is 0.137. The molecule has 138 valence electrons. The summed E-state index contributed by atoms with van der Waals surface area (Å²) in [5, 5.41) is 7.31. The molecule has 3 N–H and O–H groups in total. The van der Waals surface area contributed by atoms with Gasteiger partial charge in [0.25, 0.3) is 0 Å². The van der Waals surface area contributed by atoms with Crippen molar-refractivity contribution in [2.45, 2.75) is 31.1 Å². The summed E-state index contributed by atoms with van der Waals surface area (Å²) in [6.45, 7) is 2.75. The van der Waals surface area contributed by atoms with Gasteiger partial charge in [0.15, 0.2) is 0 Å². The molecule has 0 radical (unpaired) electrons. The zero-order valence-electron chi connectivity index (χ0n) is 14.5. The van der Waals surface area contributed by atoms with E-state index in [9.17, 15) is 18.0 Å². The van der Waals surface area contributed by atoms with E-state index in [1.54, 1.807) is 12.1 Å². The Kier molecular flexibility index (Phi) is 6.38. The zero-order chi connectivity index (χ0) is 18.4. The van der Waals surface area contributed by atoms with Gasteiger partial charge in [-0.1, -0.05) is 12.5 Å². The summed E-state index contributed by atoms with van der Waals surface area (Å²) in [6.07, 6.45) is 2.79. The standard InChI is InChI=1S/C16H24N4O4S/c1-12-6-7-13(25(23,24)20-8-4-3-5-9-20)10-14(12)18-11-15(21)19-16(22)17-2/h6-7,10,18H,3-5,8-9,11H2,1-2H3,(H2,17,19,21,22). The lowest BCUT2D eigenvalue weighted by atomic mass is 10.2. The van der Waals surface area contributed by atoms with Gasteiger partial charge in [0, 0.05) is 25.8 Å². The number of nitrogens with one attached hydrogen (secondary N) is 3. The highest BCUT2D eigenvalue weighted by Crippen LogP contribution is 2.25. The average Bonchev–Trinajstić information content (AvgIpc) is 2.61. The molecule has 0 unspecified atom stereocenters. The van der Waals surface area contributed by atoms with Gasteiger partial charge in [-0.25, -0.2) is 13.2 Å². The van der Waals surface area contributed by atoms with Crippen LogP contribution in [-0.2, 0) is 14.8 Å². The minimum Gasteiger partial charge on any atom is -0.376 e. The van der Waals surface area contributed by atoms with Crippen LogP contribution in [0.1, 0.15) is 24.8 Å². The number of amides is 3. The van der Waals surface area contributed by atoms with Crippen LogP contribution in [0.2, 0.25) is 0 Å². The number of carbonyl (C=O) groups excluding carboxylic acids is 2. The second-order valence-electron chi connectivity index (χ2n) is 5.92. The third kappa shape index (κ3) is 4.93. The number of aryl methyl sites for hydroxylation is 1. The topological polar surface area (TPSA) is 108 Å². The Hall–Kier alpha value is -2.13. The molecule has 1 saturated heterocycles. The second kappa shape index (κ2) is 8.30. The molecule has 1 aromatic rings. The van der Waals surface area contributed by atoms with E-state index in [0.29, 0.717) is 18.8 Å². The normalized spacial score (nSPS) is 15.4. The maximum atomic E-state index is 12.7. The Morgan fingerprint density at radius 1 is 1.16 bits per heavy atom. The second-order valence-corrected chi connectivity index (χ2v) is 7.86. The summed E-state index contributed by atoms with van der Waals surface area (Å²) in [5.41, 5.74) is 1.36. The molecular formula is C16H24N4O4S. The number of piperidine rings is 1. The monoisotopic (exact) mass is 368 g/mol. The van der Waals surface area contributed by atoms with Gasteiger partial charge in [-0.15, -0.1) is 0 Å². The Morgan fingerprint density at radius 3 is 2.48 bits per heavy atom. The van der Waals surface area contributed by atoms with Crippen molar-refractivity contribution < 1.29 is 18.0 Å². The van der Waals surface area contributed by atoms with Crippen molar-refractivity contribution in [2.75, 3.05) is 32.0 Å². The summed E-state index contributed by atoms with van der Waals surface area (Å²) >= 11 is 0. The highest BCUT2D eigenvalue weighted by molar-refractivity contribution is 7.89. The first kappa shape index (κ1) is 19.2. The van der Waals surface area contributed by atoms with Crippen LogP contribution in [-0.4, -0.2) is 51.3 Å². The number of carbonyl (C=O) groups is 2. The summed E-state index contributed by atoms with van der Waals surface area (Å²) in [5.74, 6) is -0.511. The molecule has 2 rings (SSSR count). The summed E-state index contributed by atoms with van der Waals surface area (Å²) < 4.78 is 27.0. The maximum absolute atomic E-state index is 12.7. The van der Waals surface area contributed by atoms with Crippen LogP contribution >= 0.6 is 0 Å². The van der Waals surface area contributed by atoms with Gasteiger partial charge in [-0.3, -0.25) is 10.1 Å². The van der Waals surface area contributed by atoms with Crippen molar-refractivity contribution in [1.29, 1.82) is 0 Å². The van der Waals surface area contributed by atoms with E-state index in [2.05, 4.69) is 16.0 Å². The van der Waals surface area contributed by atoms with Crippen LogP contribution in [0.5, 0.6) is 0 Å². The fourth-order valence-corrected chi connectivity index (χ4v) is 4.16. The lowest BCUT2D eigenvalue weighted by molar-refractivity contribution is -0.118. The van der Waals surface area contributed by atoms with Gasteiger partial charge in [-0.05, 0) is 37.5 Å². The van der Waals surface area contributed by atoms with Crippen LogP contribution in [0.3, 0.4) is 0 Å². The molecule has 9 heteroatoms. The molecule has 0 bridgehead atoms. The lowest BCUT2D eigenvalue weighted by Crippen LogP contribution is -2.40. The molecule has 0 saturated carbocycles. The van der Waals surface area contributed by atoms with Crippen molar-refractivity contribution in [2.24, 2.45) is 0 Å². The highest BCUT2D eigenvalue weighted by Gasteiger charge is 2.26. The number of anilines is 1. The minimum atomic E-state index is -3.53. The quantitative estimate of drug-likeness (QED) is 0.720. The Morgan fingerprint density at radius 2 is 1.84 bits per heavy atom. The number of hydrogen-bond donors (Lipinski definition) is 3. The van der Waals surface area contributed by atoms with Crippen LogP contribution in [0.4, 0.5) is 10.5 Å². The third-order valence-electron chi connectivity index (χ3n) is 4.08. The van der Waals surface area contributed by atoms with Gasteiger partial charge in [0.05, 0.1) is 11.4 Å². The zero-order valence-corrected chi connectivity index (χ0v) is 15.3. The van der Waals surface area contributed by atoms with Crippen LogP contribution in [0.25, 0.3) is 0 Å². The highest BCUT2D eigenvalue weighted by atomic mass is 32.2. The number of sulfonamides is 1. The molecule has 0 aliphatic carbocycles. The molecule has 1 aliphatic heterocycles. The first-order valence-electron chi connectivity index (χ1n) is 8.21. The predicted molar refractivity (Wildman–Crippen MR) is 94.9 cm³/mol. The molecule has 8 nitrogen and oxygen atoms in total. The first-order valence-corrected chi connectivity index (χ1v) is 9.65. The summed E-state index contributed by atoms with van der Waals surface area (Å²) in [6, 6.07) is 4.22.